The van der Waals surface area contributed by atoms with Gasteiger partial charge < -0.3 is 9.47 Å². The lowest BCUT2D eigenvalue weighted by Gasteiger charge is -2.41. The van der Waals surface area contributed by atoms with Gasteiger partial charge in [-0.25, -0.2) is 0 Å². The second-order valence-electron chi connectivity index (χ2n) is 10.3. The maximum absolute atomic E-state index is 6.70. The number of hydrogen-bond donors (Lipinski definition) is 0. The Morgan fingerprint density at radius 2 is 1.45 bits per heavy atom. The van der Waals surface area contributed by atoms with Gasteiger partial charge in [-0.15, -0.1) is 0 Å². The van der Waals surface area contributed by atoms with Gasteiger partial charge in [0.15, 0.2) is 0 Å². The summed E-state index contributed by atoms with van der Waals surface area (Å²) in [5.41, 5.74) is 0.508. The molecule has 2 fully saturated rings. The van der Waals surface area contributed by atoms with E-state index in [-0.39, 0.29) is 34.1 Å². The molecule has 0 aromatic carbocycles. The smallest absolute Gasteiger partial charge is 0.0983 e. The fourth-order valence-corrected chi connectivity index (χ4v) is 4.46. The van der Waals surface area contributed by atoms with E-state index >= 15 is 0 Å². The van der Waals surface area contributed by atoms with Crippen LogP contribution in [0.2, 0.25) is 0 Å². The van der Waals surface area contributed by atoms with Crippen LogP contribution in [0, 0.1) is 22.2 Å². The molecule has 0 spiro atoms. The van der Waals surface area contributed by atoms with Gasteiger partial charge in [-0.05, 0) is 22.7 Å². The molecule has 2 heterocycles. The lowest BCUT2D eigenvalue weighted by Crippen LogP contribution is -2.46. The molecule has 0 aromatic rings. The molecule has 20 heavy (non-hydrogen) atoms. The van der Waals surface area contributed by atoms with Crippen molar-refractivity contribution in [3.05, 3.63) is 0 Å². The number of ether oxygens (including phenoxy) is 2. The van der Waals surface area contributed by atoms with Crippen molar-refractivity contribution in [3.8, 4) is 0 Å². The van der Waals surface area contributed by atoms with E-state index < -0.39 is 0 Å². The zero-order valence-corrected chi connectivity index (χ0v) is 15.0. The second kappa shape index (κ2) is 4.46. The molecule has 0 radical (unpaired) electrons. The minimum absolute atomic E-state index is 0.0981. The summed E-state index contributed by atoms with van der Waals surface area (Å²) in [5.74, 6) is 0.485. The van der Waals surface area contributed by atoms with Gasteiger partial charge in [-0.1, -0.05) is 62.3 Å². The SMILES string of the molecule is CC(C)(C)C[C@@]12COC([C@H](C(C)(C)C)O1)[C@H]2C(C)(C)C. The van der Waals surface area contributed by atoms with E-state index in [1.807, 2.05) is 0 Å². The molecule has 0 amide bonds. The molecule has 0 aromatic heterocycles. The Bertz CT molecular complexity index is 366. The van der Waals surface area contributed by atoms with E-state index in [9.17, 15) is 0 Å². The first-order valence-corrected chi connectivity index (χ1v) is 8.06. The van der Waals surface area contributed by atoms with Crippen LogP contribution < -0.4 is 0 Å². The molecule has 2 heteroatoms. The Hall–Kier alpha value is -0.0800. The van der Waals surface area contributed by atoms with E-state index in [1.165, 1.54) is 0 Å². The van der Waals surface area contributed by atoms with Crippen molar-refractivity contribution in [2.45, 2.75) is 86.5 Å². The highest BCUT2D eigenvalue weighted by Crippen LogP contribution is 2.58. The molecule has 2 aliphatic rings. The van der Waals surface area contributed by atoms with Crippen molar-refractivity contribution in [1.82, 2.24) is 0 Å². The molecular weight excluding hydrogens is 248 g/mol. The molecule has 2 saturated heterocycles. The Kier molecular flexibility index (Phi) is 3.63. The van der Waals surface area contributed by atoms with Crippen LogP contribution in [-0.4, -0.2) is 24.4 Å². The third-order valence-electron chi connectivity index (χ3n) is 4.69. The molecule has 1 unspecified atom stereocenters. The van der Waals surface area contributed by atoms with Crippen LogP contribution in [0.1, 0.15) is 68.7 Å². The summed E-state index contributed by atoms with van der Waals surface area (Å²) in [5, 5.41) is 0. The van der Waals surface area contributed by atoms with E-state index in [2.05, 4.69) is 62.3 Å². The molecule has 0 N–H and O–H groups in total. The Morgan fingerprint density at radius 1 is 0.900 bits per heavy atom. The molecule has 0 saturated carbocycles. The summed E-state index contributed by atoms with van der Waals surface area (Å²) in [6.45, 7) is 21.5. The number of fused-ring (bicyclic) bond motifs is 2. The molecule has 2 nitrogen and oxygen atoms in total. The van der Waals surface area contributed by atoms with Crippen molar-refractivity contribution in [2.75, 3.05) is 6.61 Å². The van der Waals surface area contributed by atoms with Gasteiger partial charge in [-0.3, -0.25) is 0 Å². The lowest BCUT2D eigenvalue weighted by molar-refractivity contribution is -0.185. The van der Waals surface area contributed by atoms with Gasteiger partial charge in [0.25, 0.3) is 0 Å². The zero-order valence-electron chi connectivity index (χ0n) is 15.0. The van der Waals surface area contributed by atoms with Crippen molar-refractivity contribution >= 4 is 0 Å². The molecular formula is C18H34O2. The van der Waals surface area contributed by atoms with Gasteiger partial charge in [-0.2, -0.15) is 0 Å². The van der Waals surface area contributed by atoms with Crippen LogP contribution in [0.4, 0.5) is 0 Å². The first-order valence-electron chi connectivity index (χ1n) is 8.06. The quantitative estimate of drug-likeness (QED) is 0.696. The summed E-state index contributed by atoms with van der Waals surface area (Å²) in [6, 6.07) is 0. The third kappa shape index (κ3) is 2.78. The van der Waals surface area contributed by atoms with Crippen LogP contribution >= 0.6 is 0 Å². The van der Waals surface area contributed by atoms with Gasteiger partial charge in [0.05, 0.1) is 24.4 Å². The highest BCUT2D eigenvalue weighted by molar-refractivity contribution is 5.13. The minimum Gasteiger partial charge on any atom is -0.372 e. The average molecular weight is 282 g/mol. The molecule has 2 aliphatic heterocycles. The highest BCUT2D eigenvalue weighted by atomic mass is 16.6. The molecule has 118 valence electrons. The van der Waals surface area contributed by atoms with Crippen LogP contribution in [0.5, 0.6) is 0 Å². The van der Waals surface area contributed by atoms with E-state index in [4.69, 9.17) is 9.47 Å². The van der Waals surface area contributed by atoms with Crippen LogP contribution in [0.25, 0.3) is 0 Å². The normalized spacial score (nSPS) is 38.5. The summed E-state index contributed by atoms with van der Waals surface area (Å²) >= 11 is 0. The fraction of sp³-hybridized carbons (Fsp3) is 1.00. The molecule has 4 atom stereocenters. The highest BCUT2D eigenvalue weighted by Gasteiger charge is 2.66. The maximum Gasteiger partial charge on any atom is 0.0983 e. The third-order valence-corrected chi connectivity index (χ3v) is 4.69. The van der Waals surface area contributed by atoms with Crippen molar-refractivity contribution in [2.24, 2.45) is 22.2 Å². The van der Waals surface area contributed by atoms with Gasteiger partial charge in [0, 0.05) is 5.92 Å². The lowest BCUT2D eigenvalue weighted by atomic mass is 9.65. The summed E-state index contributed by atoms with van der Waals surface area (Å²) in [6.07, 6.45) is 1.53. The zero-order chi connectivity index (χ0) is 15.6. The molecule has 0 aliphatic carbocycles. The second-order valence-corrected chi connectivity index (χ2v) is 10.3. The van der Waals surface area contributed by atoms with Gasteiger partial charge >= 0.3 is 0 Å². The van der Waals surface area contributed by atoms with E-state index in [1.54, 1.807) is 0 Å². The fourth-order valence-electron chi connectivity index (χ4n) is 4.46. The van der Waals surface area contributed by atoms with E-state index in [0.717, 1.165) is 13.0 Å². The predicted octanol–water partition coefficient (Wildman–Crippen LogP) is 4.67. The van der Waals surface area contributed by atoms with Crippen molar-refractivity contribution < 1.29 is 9.47 Å². The standard InChI is InChI=1S/C18H34O2/c1-15(2,3)10-18-11-19-12(13(18)16(4,5)6)14(20-18)17(7,8)9/h12-14H,10-11H2,1-9H3/t12?,13-,14+,18-/m0/s1. The summed E-state index contributed by atoms with van der Waals surface area (Å²) in [7, 11) is 0. The van der Waals surface area contributed by atoms with Gasteiger partial charge in [0.2, 0.25) is 0 Å². The largest absolute Gasteiger partial charge is 0.372 e. The minimum atomic E-state index is -0.0981. The van der Waals surface area contributed by atoms with Crippen LogP contribution in [-0.2, 0) is 9.47 Å². The van der Waals surface area contributed by atoms with Gasteiger partial charge in [0.1, 0.15) is 0 Å². The maximum atomic E-state index is 6.70. The van der Waals surface area contributed by atoms with Crippen LogP contribution in [0.15, 0.2) is 0 Å². The first kappa shape index (κ1) is 16.3. The summed E-state index contributed by atoms with van der Waals surface area (Å²) in [4.78, 5) is 0. The molecule has 2 bridgehead atoms. The van der Waals surface area contributed by atoms with Crippen molar-refractivity contribution in [1.29, 1.82) is 0 Å². The Labute approximate surface area is 125 Å². The first-order chi connectivity index (χ1) is 8.76. The van der Waals surface area contributed by atoms with Crippen LogP contribution in [0.3, 0.4) is 0 Å². The topological polar surface area (TPSA) is 18.5 Å². The monoisotopic (exact) mass is 282 g/mol. The summed E-state index contributed by atoms with van der Waals surface area (Å²) < 4.78 is 13.0. The number of hydrogen-bond acceptors (Lipinski definition) is 2. The van der Waals surface area contributed by atoms with E-state index in [0.29, 0.717) is 5.92 Å². The molecule has 2 rings (SSSR count). The van der Waals surface area contributed by atoms with Crippen molar-refractivity contribution in [3.63, 3.8) is 0 Å². The average Bonchev–Trinajstić information content (AvgIpc) is 2.63. The Morgan fingerprint density at radius 3 is 1.85 bits per heavy atom. The number of rotatable bonds is 1. The Balaban J connectivity index is 2.39. The predicted molar refractivity (Wildman–Crippen MR) is 83.8 cm³/mol.